The molecule has 1 N–H and O–H groups in total. The number of halogens is 2. The van der Waals surface area contributed by atoms with Crippen molar-refractivity contribution in [2.45, 2.75) is 12.8 Å². The average Bonchev–Trinajstić information content (AvgIpc) is 3.21. The van der Waals surface area contributed by atoms with Crippen molar-refractivity contribution < 1.29 is 9.21 Å². The van der Waals surface area contributed by atoms with Crippen molar-refractivity contribution in [1.82, 2.24) is 10.2 Å². The summed E-state index contributed by atoms with van der Waals surface area (Å²) in [7, 11) is 0. The Balaban J connectivity index is 1.75. The van der Waals surface area contributed by atoms with Gasteiger partial charge in [-0.1, -0.05) is 29.3 Å². The molecule has 4 nitrogen and oxygen atoms in total. The van der Waals surface area contributed by atoms with Crippen molar-refractivity contribution in [2.24, 2.45) is 0 Å². The molecule has 1 amide bonds. The molecule has 0 unspecified atom stereocenters. The SMILES string of the molecule is O=C(NC(=S)N1CCCC1)c1ccc(-c2cccc(Cl)c2Cl)o1. The smallest absolute Gasteiger partial charge is 0.293 e. The number of hydrogen-bond donors (Lipinski definition) is 1. The predicted molar refractivity (Wildman–Crippen MR) is 95.0 cm³/mol. The Labute approximate surface area is 149 Å². The van der Waals surface area contributed by atoms with Gasteiger partial charge in [0.15, 0.2) is 10.9 Å². The van der Waals surface area contributed by atoms with E-state index in [0.29, 0.717) is 26.5 Å². The van der Waals surface area contributed by atoms with E-state index < -0.39 is 0 Å². The molecule has 2 aromatic rings. The van der Waals surface area contributed by atoms with E-state index in [1.165, 1.54) is 0 Å². The largest absolute Gasteiger partial charge is 0.451 e. The highest BCUT2D eigenvalue weighted by Crippen LogP contribution is 2.34. The van der Waals surface area contributed by atoms with Crippen molar-refractivity contribution in [3.8, 4) is 11.3 Å². The van der Waals surface area contributed by atoms with Crippen LogP contribution in [0.3, 0.4) is 0 Å². The molecule has 1 aliphatic heterocycles. The number of rotatable bonds is 2. The van der Waals surface area contributed by atoms with Crippen LogP contribution in [0, 0.1) is 0 Å². The van der Waals surface area contributed by atoms with Crippen LogP contribution in [0.15, 0.2) is 34.7 Å². The van der Waals surface area contributed by atoms with Crippen LogP contribution in [0.4, 0.5) is 0 Å². The first-order valence-electron chi connectivity index (χ1n) is 7.21. The lowest BCUT2D eigenvalue weighted by Crippen LogP contribution is -2.40. The fourth-order valence-electron chi connectivity index (χ4n) is 2.46. The molecule has 0 spiro atoms. The van der Waals surface area contributed by atoms with Gasteiger partial charge in [-0.2, -0.15) is 0 Å². The highest BCUT2D eigenvalue weighted by molar-refractivity contribution is 7.80. The second kappa shape index (κ2) is 6.91. The average molecular weight is 369 g/mol. The Morgan fingerprint density at radius 1 is 1.17 bits per heavy atom. The van der Waals surface area contributed by atoms with Crippen LogP contribution in [0.5, 0.6) is 0 Å². The van der Waals surface area contributed by atoms with Gasteiger partial charge in [-0.05, 0) is 49.3 Å². The van der Waals surface area contributed by atoms with E-state index in [4.69, 9.17) is 39.8 Å². The second-order valence-corrected chi connectivity index (χ2v) is 6.39. The van der Waals surface area contributed by atoms with E-state index in [-0.39, 0.29) is 11.7 Å². The highest BCUT2D eigenvalue weighted by atomic mass is 35.5. The number of carbonyl (C=O) groups is 1. The van der Waals surface area contributed by atoms with E-state index >= 15 is 0 Å². The van der Waals surface area contributed by atoms with Gasteiger partial charge in [0.05, 0.1) is 10.0 Å². The number of benzene rings is 1. The van der Waals surface area contributed by atoms with Gasteiger partial charge in [0.25, 0.3) is 5.91 Å². The molecule has 3 rings (SSSR count). The number of nitrogens with one attached hydrogen (secondary N) is 1. The molecule has 0 aliphatic carbocycles. The Hall–Kier alpha value is -1.56. The highest BCUT2D eigenvalue weighted by Gasteiger charge is 2.20. The van der Waals surface area contributed by atoms with E-state index in [0.717, 1.165) is 25.9 Å². The summed E-state index contributed by atoms with van der Waals surface area (Å²) in [5.41, 5.74) is 0.639. The summed E-state index contributed by atoms with van der Waals surface area (Å²) >= 11 is 17.4. The van der Waals surface area contributed by atoms with Gasteiger partial charge >= 0.3 is 0 Å². The van der Waals surface area contributed by atoms with Crippen LogP contribution < -0.4 is 5.32 Å². The molecule has 1 aliphatic rings. The minimum absolute atomic E-state index is 0.178. The Bertz CT molecular complexity index is 754. The van der Waals surface area contributed by atoms with Crippen molar-refractivity contribution in [3.05, 3.63) is 46.1 Å². The van der Waals surface area contributed by atoms with Gasteiger partial charge in [-0.25, -0.2) is 0 Å². The maximum Gasteiger partial charge on any atom is 0.293 e. The van der Waals surface area contributed by atoms with Gasteiger partial charge in [0, 0.05) is 18.7 Å². The summed E-state index contributed by atoms with van der Waals surface area (Å²) in [6.45, 7) is 1.75. The number of amides is 1. The molecule has 1 aromatic carbocycles. The zero-order valence-corrected chi connectivity index (χ0v) is 14.5. The zero-order valence-electron chi connectivity index (χ0n) is 12.1. The van der Waals surface area contributed by atoms with Crippen LogP contribution in [-0.4, -0.2) is 29.0 Å². The first-order chi connectivity index (χ1) is 11.1. The third-order valence-corrected chi connectivity index (χ3v) is 4.84. The van der Waals surface area contributed by atoms with Crippen LogP contribution in [-0.2, 0) is 0 Å². The number of furan rings is 1. The number of carbonyl (C=O) groups excluding carboxylic acids is 1. The third kappa shape index (κ3) is 3.52. The Morgan fingerprint density at radius 3 is 2.65 bits per heavy atom. The van der Waals surface area contributed by atoms with Crippen LogP contribution in [0.25, 0.3) is 11.3 Å². The van der Waals surface area contributed by atoms with Gasteiger partial charge in [0.2, 0.25) is 0 Å². The molecule has 23 heavy (non-hydrogen) atoms. The van der Waals surface area contributed by atoms with E-state index in [9.17, 15) is 4.79 Å². The summed E-state index contributed by atoms with van der Waals surface area (Å²) in [4.78, 5) is 14.2. The molecule has 1 aromatic heterocycles. The molecule has 0 bridgehead atoms. The standard InChI is InChI=1S/C16H14Cl2N2O2S/c17-11-5-3-4-10(14(11)18)12-6-7-13(22-12)15(21)19-16(23)20-8-1-2-9-20/h3-7H,1-2,8-9H2,(H,19,21,23). The maximum atomic E-state index is 12.2. The summed E-state index contributed by atoms with van der Waals surface area (Å²) in [5.74, 6) is 0.290. The van der Waals surface area contributed by atoms with Crippen molar-refractivity contribution in [3.63, 3.8) is 0 Å². The number of likely N-dealkylation sites (tertiary alicyclic amines) is 1. The molecule has 1 fully saturated rings. The maximum absolute atomic E-state index is 12.2. The first kappa shape index (κ1) is 16.3. The first-order valence-corrected chi connectivity index (χ1v) is 8.37. The molecular weight excluding hydrogens is 355 g/mol. The Morgan fingerprint density at radius 2 is 1.91 bits per heavy atom. The lowest BCUT2D eigenvalue weighted by molar-refractivity contribution is 0.0947. The number of hydrogen-bond acceptors (Lipinski definition) is 3. The molecule has 1 saturated heterocycles. The lowest BCUT2D eigenvalue weighted by atomic mass is 10.2. The van der Waals surface area contributed by atoms with Crippen LogP contribution in [0.2, 0.25) is 10.0 Å². The van der Waals surface area contributed by atoms with Gasteiger partial charge in [-0.3, -0.25) is 10.1 Å². The van der Waals surface area contributed by atoms with Crippen molar-refractivity contribution >= 4 is 46.4 Å². The van der Waals surface area contributed by atoms with Crippen molar-refractivity contribution in [1.29, 1.82) is 0 Å². The quantitative estimate of drug-likeness (QED) is 0.799. The molecule has 120 valence electrons. The molecule has 0 saturated carbocycles. The van der Waals surface area contributed by atoms with Crippen molar-refractivity contribution in [2.75, 3.05) is 13.1 Å². The summed E-state index contributed by atoms with van der Waals surface area (Å²) in [5, 5.41) is 3.95. The number of thiocarbonyl (C=S) groups is 1. The zero-order chi connectivity index (χ0) is 16.4. The number of nitrogens with zero attached hydrogens (tertiary/aromatic N) is 1. The summed E-state index contributed by atoms with van der Waals surface area (Å²) in [6, 6.07) is 8.52. The van der Waals surface area contributed by atoms with Gasteiger partial charge in [0.1, 0.15) is 5.76 Å². The van der Waals surface area contributed by atoms with Gasteiger partial charge in [-0.15, -0.1) is 0 Å². The van der Waals surface area contributed by atoms with Crippen LogP contribution >= 0.6 is 35.4 Å². The summed E-state index contributed by atoms with van der Waals surface area (Å²) < 4.78 is 5.60. The van der Waals surface area contributed by atoms with Crippen LogP contribution in [0.1, 0.15) is 23.4 Å². The minimum Gasteiger partial charge on any atom is -0.451 e. The molecule has 0 atom stereocenters. The third-order valence-electron chi connectivity index (χ3n) is 3.66. The monoisotopic (exact) mass is 368 g/mol. The predicted octanol–water partition coefficient (Wildman–Crippen LogP) is 4.36. The molecular formula is C16H14Cl2N2O2S. The minimum atomic E-state index is -0.369. The molecule has 0 radical (unpaired) electrons. The molecule has 7 heteroatoms. The Kier molecular flexibility index (Phi) is 4.90. The van der Waals surface area contributed by atoms with E-state index in [1.54, 1.807) is 30.3 Å². The molecule has 2 heterocycles. The fourth-order valence-corrected chi connectivity index (χ4v) is 3.13. The topological polar surface area (TPSA) is 45.5 Å². The second-order valence-electron chi connectivity index (χ2n) is 5.22. The van der Waals surface area contributed by atoms with E-state index in [2.05, 4.69) is 5.32 Å². The normalized spacial score (nSPS) is 14.1. The van der Waals surface area contributed by atoms with Gasteiger partial charge < -0.3 is 9.32 Å². The summed E-state index contributed by atoms with van der Waals surface area (Å²) in [6.07, 6.45) is 2.18. The van der Waals surface area contributed by atoms with E-state index in [1.807, 2.05) is 4.90 Å². The lowest BCUT2D eigenvalue weighted by Gasteiger charge is -2.18. The fraction of sp³-hybridized carbons (Fsp3) is 0.250.